The van der Waals surface area contributed by atoms with E-state index in [2.05, 4.69) is 28.3 Å². The fourth-order valence-corrected chi connectivity index (χ4v) is 3.05. The minimum atomic E-state index is 0.518. The molecule has 0 radical (unpaired) electrons. The first-order valence-corrected chi connectivity index (χ1v) is 7.28. The Morgan fingerprint density at radius 3 is 3.00 bits per heavy atom. The summed E-state index contributed by atoms with van der Waals surface area (Å²) in [7, 11) is 4.31. The van der Waals surface area contributed by atoms with Crippen LogP contribution in [0.25, 0.3) is 5.65 Å². The van der Waals surface area contributed by atoms with Crippen molar-refractivity contribution < 1.29 is 0 Å². The molecule has 0 aliphatic carbocycles. The third-order valence-electron chi connectivity index (χ3n) is 4.23. The summed E-state index contributed by atoms with van der Waals surface area (Å²) in [5, 5.41) is 0. The Kier molecular flexibility index (Phi) is 3.63. The van der Waals surface area contributed by atoms with Gasteiger partial charge in [0.15, 0.2) is 5.82 Å². The minimum Gasteiger partial charge on any atom is -0.353 e. The maximum Gasteiger partial charge on any atom is 0.152 e. The summed E-state index contributed by atoms with van der Waals surface area (Å²) in [5.74, 6) is 1.06. The number of nitrogens with two attached hydrogens (primary N) is 1. The van der Waals surface area contributed by atoms with Gasteiger partial charge in [0.25, 0.3) is 0 Å². The van der Waals surface area contributed by atoms with E-state index in [-0.39, 0.29) is 0 Å². The van der Waals surface area contributed by atoms with Crippen molar-refractivity contribution in [3.63, 3.8) is 0 Å². The lowest BCUT2D eigenvalue weighted by molar-refractivity contribution is 0.257. The number of hydrogen-bond acceptors (Lipinski definition) is 4. The molecule has 108 valence electrons. The van der Waals surface area contributed by atoms with E-state index in [0.717, 1.165) is 30.2 Å². The minimum absolute atomic E-state index is 0.518. The van der Waals surface area contributed by atoms with E-state index in [4.69, 9.17) is 10.7 Å². The Balaban J connectivity index is 1.96. The number of aromatic nitrogens is 2. The van der Waals surface area contributed by atoms with E-state index in [9.17, 15) is 0 Å². The van der Waals surface area contributed by atoms with Crippen molar-refractivity contribution in [3.05, 3.63) is 30.1 Å². The molecule has 1 fully saturated rings. The number of rotatable bonds is 3. The molecule has 0 amide bonds. The van der Waals surface area contributed by atoms with Crippen molar-refractivity contribution in [3.8, 4) is 0 Å². The van der Waals surface area contributed by atoms with E-state index in [1.807, 2.05) is 24.4 Å². The van der Waals surface area contributed by atoms with Crippen LogP contribution in [0.5, 0.6) is 0 Å². The molecule has 5 heteroatoms. The second-order valence-corrected chi connectivity index (χ2v) is 5.72. The van der Waals surface area contributed by atoms with Crippen LogP contribution in [0.3, 0.4) is 0 Å². The van der Waals surface area contributed by atoms with Crippen LogP contribution >= 0.6 is 0 Å². The topological polar surface area (TPSA) is 49.8 Å². The molecular formula is C15H23N5. The van der Waals surface area contributed by atoms with Gasteiger partial charge in [-0.25, -0.2) is 4.98 Å². The Labute approximate surface area is 120 Å². The fourth-order valence-electron chi connectivity index (χ4n) is 3.05. The van der Waals surface area contributed by atoms with Gasteiger partial charge in [0, 0.05) is 31.9 Å². The molecule has 2 N–H and O–H groups in total. The van der Waals surface area contributed by atoms with Gasteiger partial charge in [0.1, 0.15) is 5.65 Å². The van der Waals surface area contributed by atoms with E-state index in [1.54, 1.807) is 0 Å². The molecule has 0 saturated carbocycles. The number of likely N-dealkylation sites (N-methyl/N-ethyl adjacent to an activating group) is 1. The number of hydrogen-bond donors (Lipinski definition) is 1. The first-order valence-electron chi connectivity index (χ1n) is 7.28. The molecule has 5 nitrogen and oxygen atoms in total. The predicted molar refractivity (Wildman–Crippen MR) is 82.0 cm³/mol. The molecule has 3 heterocycles. The van der Waals surface area contributed by atoms with Gasteiger partial charge in [-0.1, -0.05) is 6.07 Å². The number of piperidine rings is 1. The van der Waals surface area contributed by atoms with Gasteiger partial charge in [-0.15, -0.1) is 0 Å². The van der Waals surface area contributed by atoms with Crippen molar-refractivity contribution >= 4 is 11.5 Å². The quantitative estimate of drug-likeness (QED) is 0.916. The van der Waals surface area contributed by atoms with Gasteiger partial charge in [0.2, 0.25) is 0 Å². The van der Waals surface area contributed by atoms with Crippen molar-refractivity contribution in [2.24, 2.45) is 5.73 Å². The SMILES string of the molecule is CN(C)C1CCCN(c2nc3ccccn3c2CN)C1. The van der Waals surface area contributed by atoms with Crippen LogP contribution in [-0.4, -0.2) is 47.5 Å². The van der Waals surface area contributed by atoms with Crippen LogP contribution in [0.2, 0.25) is 0 Å². The smallest absolute Gasteiger partial charge is 0.152 e. The molecule has 1 atom stereocenters. The first kappa shape index (κ1) is 13.4. The van der Waals surface area contributed by atoms with Gasteiger partial charge in [0.05, 0.1) is 5.69 Å². The highest BCUT2D eigenvalue weighted by atomic mass is 15.3. The molecule has 1 saturated heterocycles. The van der Waals surface area contributed by atoms with E-state index in [1.165, 1.54) is 12.8 Å². The molecule has 1 aliphatic rings. The summed E-state index contributed by atoms with van der Waals surface area (Å²) in [5.41, 5.74) is 8.06. The van der Waals surface area contributed by atoms with Crippen molar-refractivity contribution in [1.82, 2.24) is 14.3 Å². The van der Waals surface area contributed by atoms with Crippen LogP contribution in [-0.2, 0) is 6.54 Å². The summed E-state index contributed by atoms with van der Waals surface area (Å²) >= 11 is 0. The fraction of sp³-hybridized carbons (Fsp3) is 0.533. The maximum atomic E-state index is 5.96. The lowest BCUT2D eigenvalue weighted by Gasteiger charge is -2.36. The molecule has 20 heavy (non-hydrogen) atoms. The third-order valence-corrected chi connectivity index (χ3v) is 4.23. The molecule has 0 spiro atoms. The molecule has 2 aromatic rings. The zero-order chi connectivity index (χ0) is 14.1. The highest BCUT2D eigenvalue weighted by Crippen LogP contribution is 2.25. The lowest BCUT2D eigenvalue weighted by atomic mass is 10.0. The zero-order valence-electron chi connectivity index (χ0n) is 12.3. The van der Waals surface area contributed by atoms with Gasteiger partial charge in [-0.2, -0.15) is 0 Å². The van der Waals surface area contributed by atoms with Crippen molar-refractivity contribution in [1.29, 1.82) is 0 Å². The lowest BCUT2D eigenvalue weighted by Crippen LogP contribution is -2.45. The number of nitrogens with zero attached hydrogens (tertiary/aromatic N) is 4. The third kappa shape index (κ3) is 2.27. The number of anilines is 1. The number of fused-ring (bicyclic) bond motifs is 1. The Bertz CT molecular complexity index is 589. The summed E-state index contributed by atoms with van der Waals surface area (Å²) in [6.45, 7) is 2.62. The van der Waals surface area contributed by atoms with Gasteiger partial charge in [-0.3, -0.25) is 0 Å². The normalized spacial score (nSPS) is 20.0. The van der Waals surface area contributed by atoms with Crippen LogP contribution in [0.4, 0.5) is 5.82 Å². The second-order valence-electron chi connectivity index (χ2n) is 5.72. The molecular weight excluding hydrogens is 250 g/mol. The Morgan fingerprint density at radius 2 is 2.25 bits per heavy atom. The van der Waals surface area contributed by atoms with E-state index in [0.29, 0.717) is 12.6 Å². The number of pyridine rings is 1. The highest BCUT2D eigenvalue weighted by Gasteiger charge is 2.25. The predicted octanol–water partition coefficient (Wildman–Crippen LogP) is 1.32. The summed E-state index contributed by atoms with van der Waals surface area (Å²) in [6.07, 6.45) is 4.51. The Morgan fingerprint density at radius 1 is 1.40 bits per heavy atom. The molecule has 1 aliphatic heterocycles. The molecule has 2 aromatic heterocycles. The maximum absolute atomic E-state index is 5.96. The standard InChI is InChI=1S/C15H23N5/c1-18(2)12-6-5-8-19(11-12)15-13(10-16)20-9-4-3-7-14(20)17-15/h3-4,7,9,12H,5-6,8,10-11,16H2,1-2H3. The van der Waals surface area contributed by atoms with Gasteiger partial charge in [-0.05, 0) is 39.1 Å². The van der Waals surface area contributed by atoms with Crippen molar-refractivity contribution in [2.45, 2.75) is 25.4 Å². The first-order chi connectivity index (χ1) is 9.70. The summed E-state index contributed by atoms with van der Waals surface area (Å²) in [4.78, 5) is 9.49. The summed E-state index contributed by atoms with van der Waals surface area (Å²) < 4.78 is 2.11. The number of imidazole rings is 1. The van der Waals surface area contributed by atoms with Gasteiger partial charge < -0.3 is 19.9 Å². The van der Waals surface area contributed by atoms with E-state index >= 15 is 0 Å². The molecule has 3 rings (SSSR count). The Hall–Kier alpha value is -1.59. The second kappa shape index (κ2) is 5.42. The van der Waals surface area contributed by atoms with Gasteiger partial charge >= 0.3 is 0 Å². The molecule has 0 aromatic carbocycles. The largest absolute Gasteiger partial charge is 0.353 e. The van der Waals surface area contributed by atoms with Crippen LogP contribution < -0.4 is 10.6 Å². The van der Waals surface area contributed by atoms with Crippen LogP contribution in [0.15, 0.2) is 24.4 Å². The van der Waals surface area contributed by atoms with Crippen LogP contribution in [0, 0.1) is 0 Å². The average molecular weight is 273 g/mol. The molecule has 0 bridgehead atoms. The summed E-state index contributed by atoms with van der Waals surface area (Å²) in [6, 6.07) is 6.68. The van der Waals surface area contributed by atoms with E-state index < -0.39 is 0 Å². The molecule has 1 unspecified atom stereocenters. The van der Waals surface area contributed by atoms with Crippen LogP contribution in [0.1, 0.15) is 18.5 Å². The zero-order valence-corrected chi connectivity index (χ0v) is 12.3. The monoisotopic (exact) mass is 273 g/mol. The van der Waals surface area contributed by atoms with Crippen molar-refractivity contribution in [2.75, 3.05) is 32.1 Å². The average Bonchev–Trinajstić information content (AvgIpc) is 2.86. The highest BCUT2D eigenvalue weighted by molar-refractivity contribution is 5.56.